The Kier molecular flexibility index (Phi) is 8.93. The van der Waals surface area contributed by atoms with E-state index >= 15 is 0 Å². The Morgan fingerprint density at radius 1 is 1.15 bits per heavy atom. The normalized spacial score (nSPS) is 23.9. The van der Waals surface area contributed by atoms with Crippen molar-refractivity contribution < 1.29 is 29.3 Å². The number of nitrogens with zero attached hydrogens (tertiary/aromatic N) is 4. The molecule has 0 aromatic carbocycles. The fraction of sp³-hybridized carbons (Fsp3) is 0.314. The minimum Gasteiger partial charge on any atom is -0.877 e. The molecule has 1 aromatic heterocycles. The predicted molar refractivity (Wildman–Crippen MR) is 174 cm³/mol. The smallest absolute Gasteiger partial charge is 0.877 e. The van der Waals surface area contributed by atoms with Crippen molar-refractivity contribution in [2.24, 2.45) is 32.7 Å². The first-order chi connectivity index (χ1) is 21.5. The van der Waals surface area contributed by atoms with Crippen LogP contribution in [-0.2, 0) is 14.3 Å². The van der Waals surface area contributed by atoms with Crippen LogP contribution in [0.25, 0.3) is 11.6 Å². The average molecular weight is 629 g/mol. The maximum absolute atomic E-state index is 14.0. The standard InChI is InChI=1S/C35H34N4O6.Mg/c1-7-18-15(3)22-11-23-16(4)20(9-10-28(41)42)32(38-23)30-31(35(44)45-6)34(43)29-17(5)24(39-33(29)30)12-26-19(8-2)21(14-40)27(37-26)13-25(18)36-22;/h7,11-14,16,20,31H,1,8-10H2,2-6H3,(H3,36,37,38,39,40,41,42,43);/q;+2/p-2/t16-,20-,31+;/m0./s1. The Morgan fingerprint density at radius 3 is 2.52 bits per heavy atom. The summed E-state index contributed by atoms with van der Waals surface area (Å²) in [5.41, 5.74) is 7.40. The quantitative estimate of drug-likeness (QED) is 0.219. The Hall–Kier alpha value is -4.35. The number of ketones is 1. The first kappa shape index (κ1) is 33.0. The molecule has 230 valence electrons. The van der Waals surface area contributed by atoms with E-state index in [-0.39, 0.29) is 41.8 Å². The summed E-state index contributed by atoms with van der Waals surface area (Å²) in [5.74, 6) is -4.07. The molecule has 1 aromatic rings. The van der Waals surface area contributed by atoms with Gasteiger partial charge < -0.3 is 19.9 Å². The van der Waals surface area contributed by atoms with Crippen LogP contribution in [0.15, 0.2) is 85.4 Å². The second-order valence-corrected chi connectivity index (χ2v) is 11.6. The number of carboxylic acids is 1. The molecular formula is C35H32MgN4O6. The summed E-state index contributed by atoms with van der Waals surface area (Å²) in [6, 6.07) is 0. The number of methoxy groups -OCH3 is 1. The summed E-state index contributed by atoms with van der Waals surface area (Å²) in [4.78, 5) is 58.5. The van der Waals surface area contributed by atoms with Crippen LogP contribution in [-0.4, -0.2) is 70.1 Å². The number of fused-ring (bicyclic) bond motifs is 5. The molecule has 1 aliphatic carbocycles. The van der Waals surface area contributed by atoms with Crippen LogP contribution >= 0.6 is 0 Å². The molecule has 11 heteroatoms. The molecule has 0 unspecified atom stereocenters. The van der Waals surface area contributed by atoms with E-state index < -0.39 is 29.6 Å². The molecule has 0 amide bonds. The second kappa shape index (κ2) is 12.4. The van der Waals surface area contributed by atoms with Crippen molar-refractivity contribution in [1.29, 1.82) is 0 Å². The molecule has 0 saturated heterocycles. The molecule has 1 N–H and O–H groups in total. The number of ether oxygens (including phenoxy) is 1. The summed E-state index contributed by atoms with van der Waals surface area (Å²) in [6.07, 6.45) is 8.55. The molecule has 46 heavy (non-hydrogen) atoms. The maximum atomic E-state index is 14.0. The molecule has 0 fully saturated rings. The number of carbonyl (C=O) groups is 3. The van der Waals surface area contributed by atoms with Gasteiger partial charge in [0.05, 0.1) is 29.9 Å². The summed E-state index contributed by atoms with van der Waals surface area (Å²) in [6.45, 7) is 11.6. The predicted octanol–water partition coefficient (Wildman–Crippen LogP) is 2.16. The van der Waals surface area contributed by atoms with Gasteiger partial charge in [0.15, 0.2) is 5.78 Å². The maximum Gasteiger partial charge on any atom is 2.00 e. The van der Waals surface area contributed by atoms with Gasteiger partial charge in [0, 0.05) is 40.8 Å². The van der Waals surface area contributed by atoms with E-state index in [1.54, 1.807) is 25.2 Å². The number of aliphatic carboxylic acids is 1. The monoisotopic (exact) mass is 628 g/mol. The van der Waals surface area contributed by atoms with E-state index in [9.17, 15) is 24.6 Å². The molecule has 8 bridgehead atoms. The van der Waals surface area contributed by atoms with Gasteiger partial charge in [0.1, 0.15) is 5.92 Å². The number of carboxylic acid groups (broad SMARTS) is 1. The van der Waals surface area contributed by atoms with Gasteiger partial charge in [-0.1, -0.05) is 38.1 Å². The molecule has 5 heterocycles. The molecular weight excluding hydrogens is 597 g/mol. The molecule has 0 spiro atoms. The van der Waals surface area contributed by atoms with Gasteiger partial charge in [-0.2, -0.15) is 0 Å². The van der Waals surface area contributed by atoms with Crippen LogP contribution in [0, 0.1) is 24.7 Å². The largest absolute Gasteiger partial charge is 2.00 e. The first-order valence-electron chi connectivity index (χ1n) is 14.9. The Bertz CT molecular complexity index is 2010. The molecule has 0 radical (unpaired) electrons. The molecule has 0 saturated carbocycles. The minimum absolute atomic E-state index is 0. The van der Waals surface area contributed by atoms with Crippen molar-refractivity contribution in [3.63, 3.8) is 0 Å². The van der Waals surface area contributed by atoms with Gasteiger partial charge in [-0.3, -0.25) is 19.4 Å². The van der Waals surface area contributed by atoms with E-state index in [2.05, 4.69) is 6.58 Å². The van der Waals surface area contributed by atoms with E-state index in [1.807, 2.05) is 26.8 Å². The summed E-state index contributed by atoms with van der Waals surface area (Å²) >= 11 is 0. The zero-order valence-corrected chi connectivity index (χ0v) is 27.8. The zero-order chi connectivity index (χ0) is 32.3. The number of Topliss-reactive ketones (excluding diaryl/α,β-unsaturated/α-hetero) is 1. The topological polar surface area (TPSA) is 155 Å². The first-order valence-corrected chi connectivity index (χ1v) is 14.9. The van der Waals surface area contributed by atoms with Gasteiger partial charge >= 0.3 is 35.0 Å². The van der Waals surface area contributed by atoms with Crippen molar-refractivity contribution in [3.05, 3.63) is 92.3 Å². The third kappa shape index (κ3) is 5.02. The molecule has 3 atom stereocenters. The minimum atomic E-state index is -1.28. The summed E-state index contributed by atoms with van der Waals surface area (Å²) in [7, 11) is 1.23. The number of aliphatic imine (C=N–C) groups is 3. The van der Waals surface area contributed by atoms with Crippen LogP contribution in [0.3, 0.4) is 0 Å². The number of rotatable bonds is 6. The number of esters is 1. The van der Waals surface area contributed by atoms with E-state index in [0.29, 0.717) is 73.6 Å². The number of hydrogen-bond acceptors (Lipinski definition) is 8. The zero-order valence-electron chi connectivity index (χ0n) is 26.4. The SMILES string of the molecule is C=CC1=C(C)C2=NC1=CC1=NC(=C(CC)/C1=C\[O-])C=c1[n-]c3c(c1C)C(=O)[C@H](C(=O)OC)C=3C1=NC(=C2)[C@@H](C)[C@@H]1CCC(=O)O.[Mg+2]. The van der Waals surface area contributed by atoms with E-state index in [1.165, 1.54) is 7.11 Å². The Labute approximate surface area is 282 Å². The number of allylic oxidation sites excluding steroid dienone is 8. The molecule has 4 aliphatic heterocycles. The van der Waals surface area contributed by atoms with E-state index in [4.69, 9.17) is 24.7 Å². The molecule has 10 nitrogen and oxygen atoms in total. The van der Waals surface area contributed by atoms with Crippen molar-refractivity contribution in [3.8, 4) is 0 Å². The fourth-order valence-corrected chi connectivity index (χ4v) is 6.88. The van der Waals surface area contributed by atoms with E-state index in [0.717, 1.165) is 23.0 Å². The van der Waals surface area contributed by atoms with Crippen LogP contribution in [0.5, 0.6) is 0 Å². The van der Waals surface area contributed by atoms with Gasteiger partial charge in [-0.15, -0.1) is 17.0 Å². The summed E-state index contributed by atoms with van der Waals surface area (Å²) < 4.78 is 5.09. The van der Waals surface area contributed by atoms with Gasteiger partial charge in [-0.25, -0.2) is 9.98 Å². The van der Waals surface area contributed by atoms with Crippen molar-refractivity contribution >= 4 is 69.6 Å². The Balaban J connectivity index is 0.00000417. The van der Waals surface area contributed by atoms with Crippen LogP contribution in [0.2, 0.25) is 0 Å². The van der Waals surface area contributed by atoms with Gasteiger partial charge in [0.25, 0.3) is 0 Å². The fourth-order valence-electron chi connectivity index (χ4n) is 6.88. The summed E-state index contributed by atoms with van der Waals surface area (Å²) in [5, 5.41) is 22.8. The second-order valence-electron chi connectivity index (χ2n) is 11.6. The number of hydrogen-bond donors (Lipinski definition) is 1. The number of aromatic nitrogens is 1. The molecule has 5 aliphatic rings. The van der Waals surface area contributed by atoms with Crippen molar-refractivity contribution in [2.45, 2.75) is 47.0 Å². The van der Waals surface area contributed by atoms with Crippen LogP contribution in [0.1, 0.15) is 56.0 Å². The van der Waals surface area contributed by atoms with Gasteiger partial charge in [0.2, 0.25) is 0 Å². The van der Waals surface area contributed by atoms with Crippen molar-refractivity contribution in [2.75, 3.05) is 7.11 Å². The number of carbonyl (C=O) groups excluding carboxylic acids is 2. The van der Waals surface area contributed by atoms with Gasteiger partial charge in [-0.05, 0) is 61.1 Å². The third-order valence-electron chi connectivity index (χ3n) is 9.30. The van der Waals surface area contributed by atoms with Crippen LogP contribution in [0.4, 0.5) is 0 Å². The van der Waals surface area contributed by atoms with Crippen molar-refractivity contribution in [1.82, 2.24) is 4.98 Å². The third-order valence-corrected chi connectivity index (χ3v) is 9.30. The molecule has 6 rings (SSSR count). The average Bonchev–Trinajstić information content (AvgIpc) is 3.76. The Morgan fingerprint density at radius 2 is 1.89 bits per heavy atom. The van der Waals surface area contributed by atoms with Crippen LogP contribution < -0.4 is 20.8 Å².